The predicted octanol–water partition coefficient (Wildman–Crippen LogP) is 6.54. The monoisotopic (exact) mass is 563 g/mol. The number of carbonyl (C=O) groups excluding carboxylic acids is 3. The van der Waals surface area contributed by atoms with Crippen molar-refractivity contribution in [3.8, 4) is 0 Å². The van der Waals surface area contributed by atoms with Crippen LogP contribution in [0.3, 0.4) is 0 Å². The minimum absolute atomic E-state index is 0.216. The van der Waals surface area contributed by atoms with Gasteiger partial charge in [-0.3, -0.25) is 9.59 Å². The van der Waals surface area contributed by atoms with E-state index in [2.05, 4.69) is 10.6 Å². The summed E-state index contributed by atoms with van der Waals surface area (Å²) >= 11 is 6.41. The van der Waals surface area contributed by atoms with Gasteiger partial charge in [-0.05, 0) is 75.4 Å². The lowest BCUT2D eigenvalue weighted by molar-refractivity contribution is -0.139. The second-order valence-corrected chi connectivity index (χ2v) is 11.4. The quantitative estimate of drug-likeness (QED) is 0.326. The lowest BCUT2D eigenvalue weighted by Gasteiger charge is -2.32. The molecular weight excluding hydrogens is 526 g/mol. The fourth-order valence-electron chi connectivity index (χ4n) is 4.34. The van der Waals surface area contributed by atoms with Crippen LogP contribution in [-0.4, -0.2) is 41.5 Å². The van der Waals surface area contributed by atoms with Gasteiger partial charge in [-0.1, -0.05) is 72.3 Å². The van der Waals surface area contributed by atoms with E-state index in [1.54, 1.807) is 40.0 Å². The molecule has 0 heterocycles. The van der Waals surface area contributed by atoms with E-state index < -0.39 is 35.6 Å². The van der Waals surface area contributed by atoms with Gasteiger partial charge in [0.25, 0.3) is 5.91 Å². The first-order chi connectivity index (χ1) is 18.8. The van der Waals surface area contributed by atoms with E-state index in [-0.39, 0.29) is 6.42 Å². The molecule has 2 N–H and O–H groups in total. The van der Waals surface area contributed by atoms with Crippen LogP contribution in [0.25, 0.3) is 0 Å². The topological polar surface area (TPSA) is 87.7 Å². The van der Waals surface area contributed by atoms with Crippen molar-refractivity contribution >= 4 is 35.2 Å². The van der Waals surface area contributed by atoms with Gasteiger partial charge in [0, 0.05) is 13.5 Å². The Morgan fingerprint density at radius 1 is 0.900 bits per heavy atom. The maximum Gasteiger partial charge on any atom is 0.408 e. The number of ether oxygens (including phenoxy) is 1. The van der Waals surface area contributed by atoms with Crippen LogP contribution in [0.15, 0.2) is 66.7 Å². The van der Waals surface area contributed by atoms with Gasteiger partial charge in [0.15, 0.2) is 0 Å². The number of amides is 3. The molecule has 3 amide bonds. The summed E-state index contributed by atoms with van der Waals surface area (Å²) in [6.07, 6.45) is -0.497. The van der Waals surface area contributed by atoms with Gasteiger partial charge >= 0.3 is 6.09 Å². The molecule has 3 aromatic carbocycles. The number of aryl methyl sites for hydroxylation is 3. The van der Waals surface area contributed by atoms with Crippen molar-refractivity contribution in [1.29, 1.82) is 0 Å². The fraction of sp³-hybridized carbons (Fsp3) is 0.344. The molecule has 3 aromatic rings. The summed E-state index contributed by atoms with van der Waals surface area (Å²) in [4.78, 5) is 42.1. The van der Waals surface area contributed by atoms with Crippen LogP contribution < -0.4 is 10.6 Å². The summed E-state index contributed by atoms with van der Waals surface area (Å²) in [6.45, 7) is 11.0. The number of alkyl carbamates (subject to hydrolysis) is 1. The third kappa shape index (κ3) is 8.09. The number of carbonyl (C=O) groups is 3. The van der Waals surface area contributed by atoms with Crippen LogP contribution in [0.5, 0.6) is 0 Å². The third-order valence-electron chi connectivity index (χ3n) is 6.57. The molecule has 0 bridgehead atoms. The molecule has 0 fully saturated rings. The van der Waals surface area contributed by atoms with E-state index in [4.69, 9.17) is 16.3 Å². The number of nitrogens with one attached hydrogen (secondary N) is 2. The van der Waals surface area contributed by atoms with Gasteiger partial charge in [0.1, 0.15) is 17.7 Å². The summed E-state index contributed by atoms with van der Waals surface area (Å²) in [6, 6.07) is 18.4. The van der Waals surface area contributed by atoms with E-state index in [1.807, 2.05) is 75.4 Å². The minimum atomic E-state index is -0.999. The number of hydrogen-bond acceptors (Lipinski definition) is 4. The van der Waals surface area contributed by atoms with Crippen molar-refractivity contribution in [3.05, 3.63) is 99.6 Å². The molecule has 0 aromatic heterocycles. The van der Waals surface area contributed by atoms with Gasteiger partial charge in [-0.15, -0.1) is 0 Å². The first kappa shape index (κ1) is 30.7. The Bertz CT molecular complexity index is 1350. The average molecular weight is 564 g/mol. The molecule has 0 radical (unpaired) electrons. The van der Waals surface area contributed by atoms with Gasteiger partial charge in [0.05, 0.1) is 10.7 Å². The average Bonchev–Trinajstić information content (AvgIpc) is 2.87. The number of halogens is 1. The zero-order valence-corrected chi connectivity index (χ0v) is 24.9. The normalized spacial score (nSPS) is 12.7. The second kappa shape index (κ2) is 13.0. The molecule has 7 nitrogen and oxygen atoms in total. The maximum absolute atomic E-state index is 14.1. The smallest absolute Gasteiger partial charge is 0.408 e. The molecule has 2 unspecified atom stereocenters. The van der Waals surface area contributed by atoms with Crippen molar-refractivity contribution in [2.45, 2.75) is 65.6 Å². The van der Waals surface area contributed by atoms with E-state index >= 15 is 0 Å². The Balaban J connectivity index is 2.00. The standard InChI is InChI=1S/C32H38ClN3O4/c1-20-16-17-24(18-22(20)3)28(29(37)35-27-21(2)12-11-15-25(27)33)36(7)30(38)26(19-23-13-9-8-10-14-23)34-31(39)40-32(4,5)6/h8-18,26,28H,19H2,1-7H3,(H,34,39)(H,35,37). The Morgan fingerprint density at radius 3 is 2.17 bits per heavy atom. The second-order valence-electron chi connectivity index (χ2n) is 11.0. The lowest BCUT2D eigenvalue weighted by atomic mass is 9.98. The van der Waals surface area contributed by atoms with Crippen LogP contribution in [0, 0.1) is 20.8 Å². The third-order valence-corrected chi connectivity index (χ3v) is 6.89. The maximum atomic E-state index is 14.1. The van der Waals surface area contributed by atoms with E-state index in [9.17, 15) is 14.4 Å². The first-order valence-electron chi connectivity index (χ1n) is 13.2. The highest BCUT2D eigenvalue weighted by Gasteiger charge is 2.35. The van der Waals surface area contributed by atoms with Crippen molar-refractivity contribution in [2.24, 2.45) is 0 Å². The Morgan fingerprint density at radius 2 is 1.57 bits per heavy atom. The molecule has 8 heteroatoms. The number of anilines is 1. The molecule has 2 atom stereocenters. The summed E-state index contributed by atoms with van der Waals surface area (Å²) < 4.78 is 5.45. The van der Waals surface area contributed by atoms with E-state index in [1.165, 1.54) is 4.90 Å². The number of benzene rings is 3. The number of nitrogens with zero attached hydrogens (tertiary/aromatic N) is 1. The molecule has 0 spiro atoms. The SMILES string of the molecule is Cc1ccc(C(C(=O)Nc2c(C)cccc2Cl)N(C)C(=O)C(Cc2ccccc2)NC(=O)OC(C)(C)C)cc1C. The summed E-state index contributed by atoms with van der Waals surface area (Å²) in [5.41, 5.74) is 4.07. The molecule has 0 saturated heterocycles. The summed E-state index contributed by atoms with van der Waals surface area (Å²) in [5, 5.41) is 6.06. The highest BCUT2D eigenvalue weighted by atomic mass is 35.5. The van der Waals surface area contributed by atoms with Gasteiger partial charge in [0.2, 0.25) is 5.91 Å². The van der Waals surface area contributed by atoms with Crippen LogP contribution in [0.4, 0.5) is 10.5 Å². The molecule has 40 heavy (non-hydrogen) atoms. The number of rotatable bonds is 8. The van der Waals surface area contributed by atoms with E-state index in [0.717, 1.165) is 22.3 Å². The van der Waals surface area contributed by atoms with Crippen LogP contribution in [0.1, 0.15) is 54.6 Å². The van der Waals surface area contributed by atoms with Gasteiger partial charge < -0.3 is 20.3 Å². The molecule has 0 aliphatic heterocycles. The summed E-state index contributed by atoms with van der Waals surface area (Å²) in [5.74, 6) is -0.866. The van der Waals surface area contributed by atoms with Crippen LogP contribution in [-0.2, 0) is 20.7 Å². The first-order valence-corrected chi connectivity index (χ1v) is 13.6. The molecule has 3 rings (SSSR count). The lowest BCUT2D eigenvalue weighted by Crippen LogP contribution is -2.52. The fourth-order valence-corrected chi connectivity index (χ4v) is 4.61. The Hall–Kier alpha value is -3.84. The van der Waals surface area contributed by atoms with Crippen molar-refractivity contribution in [1.82, 2.24) is 10.2 Å². The number of likely N-dealkylation sites (N-methyl/N-ethyl adjacent to an activating group) is 1. The van der Waals surface area contributed by atoms with Gasteiger partial charge in [-0.25, -0.2) is 4.79 Å². The number of hydrogen-bond donors (Lipinski definition) is 2. The Kier molecular flexibility index (Phi) is 9.98. The highest BCUT2D eigenvalue weighted by molar-refractivity contribution is 6.34. The number of para-hydroxylation sites is 1. The molecule has 0 aliphatic rings. The Labute approximate surface area is 241 Å². The predicted molar refractivity (Wildman–Crippen MR) is 160 cm³/mol. The largest absolute Gasteiger partial charge is 0.444 e. The van der Waals surface area contributed by atoms with Gasteiger partial charge in [-0.2, -0.15) is 0 Å². The molecular formula is C32H38ClN3O4. The van der Waals surface area contributed by atoms with Crippen LogP contribution in [0.2, 0.25) is 5.02 Å². The van der Waals surface area contributed by atoms with Crippen LogP contribution >= 0.6 is 11.6 Å². The van der Waals surface area contributed by atoms with Crippen molar-refractivity contribution in [2.75, 3.05) is 12.4 Å². The van der Waals surface area contributed by atoms with E-state index in [0.29, 0.717) is 16.3 Å². The molecule has 212 valence electrons. The highest BCUT2D eigenvalue weighted by Crippen LogP contribution is 2.29. The molecule has 0 aliphatic carbocycles. The zero-order valence-electron chi connectivity index (χ0n) is 24.2. The van der Waals surface area contributed by atoms with Crippen molar-refractivity contribution in [3.63, 3.8) is 0 Å². The molecule has 0 saturated carbocycles. The summed E-state index contributed by atoms with van der Waals surface area (Å²) in [7, 11) is 1.57. The zero-order chi connectivity index (χ0) is 29.6. The van der Waals surface area contributed by atoms with Crippen molar-refractivity contribution < 1.29 is 19.1 Å². The minimum Gasteiger partial charge on any atom is -0.444 e.